The quantitative estimate of drug-likeness (QED) is 0.576. The molecule has 4 rings (SSSR count). The molecule has 146 valence electrons. The van der Waals surface area contributed by atoms with Crippen LogP contribution in [0.5, 0.6) is 5.75 Å². The Morgan fingerprint density at radius 3 is 2.46 bits per heavy atom. The molecule has 1 aliphatic rings. The minimum atomic E-state index is -4.40. The van der Waals surface area contributed by atoms with E-state index in [1.54, 1.807) is 6.07 Å². The molecule has 0 bridgehead atoms. The highest BCUT2D eigenvalue weighted by molar-refractivity contribution is 7.18. The molecule has 1 aliphatic carbocycles. The van der Waals surface area contributed by atoms with Gasteiger partial charge in [0, 0.05) is 5.92 Å². The molecule has 1 aromatic heterocycles. The summed E-state index contributed by atoms with van der Waals surface area (Å²) >= 11 is 1.53. The van der Waals surface area contributed by atoms with Gasteiger partial charge < -0.3 is 9.84 Å². The second kappa shape index (κ2) is 7.09. The van der Waals surface area contributed by atoms with Crippen LogP contribution >= 0.6 is 11.3 Å². The molecular weight excluding hydrogens is 391 g/mol. The zero-order valence-corrected chi connectivity index (χ0v) is 15.4. The maximum Gasteiger partial charge on any atom is 0.416 e. The fourth-order valence-corrected chi connectivity index (χ4v) is 4.21. The summed E-state index contributed by atoms with van der Waals surface area (Å²) in [6.45, 7) is -0.0478. The molecule has 0 spiro atoms. The van der Waals surface area contributed by atoms with Crippen molar-refractivity contribution in [1.82, 2.24) is 4.98 Å². The van der Waals surface area contributed by atoms with E-state index >= 15 is 0 Å². The number of hydrogen-bond donors (Lipinski definition) is 1. The standard InChI is InChI=1S/C20H16F3NO3S/c21-20(22,23)13-6-4-11(5-7-13)10-27-17-14(19(25)26)8-9-15-16(17)24-18(28-15)12-2-1-3-12/h4-9,12H,1-3,10H2,(H,25,26). The fraction of sp³-hybridized carbons (Fsp3) is 0.300. The average molecular weight is 407 g/mol. The van der Waals surface area contributed by atoms with Crippen molar-refractivity contribution < 1.29 is 27.8 Å². The van der Waals surface area contributed by atoms with Gasteiger partial charge in [-0.25, -0.2) is 9.78 Å². The first-order chi connectivity index (χ1) is 13.3. The summed E-state index contributed by atoms with van der Waals surface area (Å²) < 4.78 is 44.6. The summed E-state index contributed by atoms with van der Waals surface area (Å²) in [5.74, 6) is -0.567. The molecule has 3 aromatic rings. The van der Waals surface area contributed by atoms with Gasteiger partial charge in [0.2, 0.25) is 0 Å². The number of benzene rings is 2. The number of carboxylic acid groups (broad SMARTS) is 1. The maximum absolute atomic E-state index is 12.7. The summed E-state index contributed by atoms with van der Waals surface area (Å²) in [6.07, 6.45) is -1.08. The van der Waals surface area contributed by atoms with Crippen molar-refractivity contribution in [3.8, 4) is 5.75 Å². The summed E-state index contributed by atoms with van der Waals surface area (Å²) in [6, 6.07) is 7.82. The zero-order valence-electron chi connectivity index (χ0n) is 14.6. The van der Waals surface area contributed by atoms with Crippen LogP contribution in [0, 0.1) is 0 Å². The van der Waals surface area contributed by atoms with Crippen molar-refractivity contribution >= 4 is 27.5 Å². The van der Waals surface area contributed by atoms with Gasteiger partial charge in [-0.1, -0.05) is 18.6 Å². The highest BCUT2D eigenvalue weighted by atomic mass is 32.1. The normalized spacial score (nSPS) is 14.8. The van der Waals surface area contributed by atoms with E-state index < -0.39 is 17.7 Å². The first-order valence-corrected chi connectivity index (χ1v) is 9.60. The van der Waals surface area contributed by atoms with Gasteiger partial charge in [-0.2, -0.15) is 13.2 Å². The van der Waals surface area contributed by atoms with E-state index in [0.717, 1.165) is 41.1 Å². The van der Waals surface area contributed by atoms with Crippen molar-refractivity contribution in [3.63, 3.8) is 0 Å². The molecule has 0 atom stereocenters. The number of ether oxygens (including phenoxy) is 1. The monoisotopic (exact) mass is 407 g/mol. The highest BCUT2D eigenvalue weighted by Gasteiger charge is 2.30. The second-order valence-electron chi connectivity index (χ2n) is 6.76. The first kappa shape index (κ1) is 18.7. The lowest BCUT2D eigenvalue weighted by Crippen LogP contribution is -2.08. The van der Waals surface area contributed by atoms with E-state index in [1.165, 1.54) is 29.5 Å². The van der Waals surface area contributed by atoms with Gasteiger partial charge >= 0.3 is 12.1 Å². The lowest BCUT2D eigenvalue weighted by molar-refractivity contribution is -0.137. The summed E-state index contributed by atoms with van der Waals surface area (Å²) in [7, 11) is 0. The Bertz CT molecular complexity index is 1020. The Hall–Kier alpha value is -2.61. The molecule has 0 amide bonds. The smallest absolute Gasteiger partial charge is 0.416 e. The van der Waals surface area contributed by atoms with Gasteiger partial charge in [0.05, 0.1) is 15.3 Å². The van der Waals surface area contributed by atoms with Crippen LogP contribution in [-0.4, -0.2) is 16.1 Å². The van der Waals surface area contributed by atoms with Crippen molar-refractivity contribution in [2.45, 2.75) is 38.0 Å². The van der Waals surface area contributed by atoms with Crippen LogP contribution < -0.4 is 4.74 Å². The van der Waals surface area contributed by atoms with Crippen LogP contribution in [0.25, 0.3) is 10.2 Å². The highest BCUT2D eigenvalue weighted by Crippen LogP contribution is 2.42. The summed E-state index contributed by atoms with van der Waals surface area (Å²) in [5.41, 5.74) is 0.258. The number of nitrogens with zero attached hydrogens (tertiary/aromatic N) is 1. The van der Waals surface area contributed by atoms with E-state index in [1.807, 2.05) is 0 Å². The van der Waals surface area contributed by atoms with Crippen LogP contribution in [0.2, 0.25) is 0 Å². The molecule has 1 N–H and O–H groups in total. The molecule has 1 heterocycles. The number of hydrogen-bond acceptors (Lipinski definition) is 4. The average Bonchev–Trinajstić information content (AvgIpc) is 3.01. The Balaban J connectivity index is 1.63. The Labute approximate surface area is 162 Å². The van der Waals surface area contributed by atoms with E-state index in [-0.39, 0.29) is 17.9 Å². The predicted octanol–water partition coefficient (Wildman–Crippen LogP) is 5.86. The molecule has 8 heteroatoms. The van der Waals surface area contributed by atoms with Crippen LogP contribution in [0.15, 0.2) is 36.4 Å². The molecule has 1 fully saturated rings. The van der Waals surface area contributed by atoms with Crippen LogP contribution in [-0.2, 0) is 12.8 Å². The van der Waals surface area contributed by atoms with Crippen molar-refractivity contribution in [2.75, 3.05) is 0 Å². The largest absolute Gasteiger partial charge is 0.486 e. The van der Waals surface area contributed by atoms with Gasteiger partial charge in [0.25, 0.3) is 0 Å². The topological polar surface area (TPSA) is 59.4 Å². The minimum absolute atomic E-state index is 0.00938. The van der Waals surface area contributed by atoms with Gasteiger partial charge in [-0.3, -0.25) is 0 Å². The van der Waals surface area contributed by atoms with E-state index in [2.05, 4.69) is 4.98 Å². The van der Waals surface area contributed by atoms with Crippen molar-refractivity contribution in [3.05, 3.63) is 58.1 Å². The third kappa shape index (κ3) is 3.56. The van der Waals surface area contributed by atoms with Crippen LogP contribution in [0.1, 0.15) is 51.7 Å². The summed E-state index contributed by atoms with van der Waals surface area (Å²) in [4.78, 5) is 16.2. The van der Waals surface area contributed by atoms with Gasteiger partial charge in [-0.15, -0.1) is 11.3 Å². The number of halogens is 3. The summed E-state index contributed by atoms with van der Waals surface area (Å²) in [5, 5.41) is 10.5. The van der Waals surface area contributed by atoms with Gasteiger partial charge in [0.15, 0.2) is 5.75 Å². The van der Waals surface area contributed by atoms with E-state index in [0.29, 0.717) is 17.0 Å². The number of alkyl halides is 3. The number of carboxylic acids is 1. The SMILES string of the molecule is O=C(O)c1ccc2sc(C3CCC3)nc2c1OCc1ccc(C(F)(F)F)cc1. The molecule has 28 heavy (non-hydrogen) atoms. The molecule has 0 aliphatic heterocycles. The predicted molar refractivity (Wildman–Crippen MR) is 98.9 cm³/mol. The zero-order chi connectivity index (χ0) is 19.9. The first-order valence-electron chi connectivity index (χ1n) is 8.78. The lowest BCUT2D eigenvalue weighted by atomic mass is 9.86. The van der Waals surface area contributed by atoms with E-state index in [9.17, 15) is 23.1 Å². The van der Waals surface area contributed by atoms with Crippen LogP contribution in [0.3, 0.4) is 0 Å². The molecular formula is C20H16F3NO3S. The maximum atomic E-state index is 12.7. The number of aromatic carboxylic acids is 1. The molecule has 0 radical (unpaired) electrons. The van der Waals surface area contributed by atoms with E-state index in [4.69, 9.17) is 4.74 Å². The lowest BCUT2D eigenvalue weighted by Gasteiger charge is -2.22. The third-order valence-corrected chi connectivity index (χ3v) is 6.06. The van der Waals surface area contributed by atoms with Crippen molar-refractivity contribution in [2.24, 2.45) is 0 Å². The van der Waals surface area contributed by atoms with Gasteiger partial charge in [-0.05, 0) is 42.7 Å². The number of rotatable bonds is 5. The second-order valence-corrected chi connectivity index (χ2v) is 7.82. The molecule has 4 nitrogen and oxygen atoms in total. The number of aromatic nitrogens is 1. The van der Waals surface area contributed by atoms with Gasteiger partial charge in [0.1, 0.15) is 17.7 Å². The minimum Gasteiger partial charge on any atom is -0.486 e. The number of fused-ring (bicyclic) bond motifs is 1. The molecule has 1 saturated carbocycles. The molecule has 0 unspecified atom stereocenters. The number of carbonyl (C=O) groups is 1. The molecule has 0 saturated heterocycles. The third-order valence-electron chi connectivity index (χ3n) is 4.88. The molecule has 2 aromatic carbocycles. The Kier molecular flexibility index (Phi) is 4.74. The van der Waals surface area contributed by atoms with Crippen LogP contribution in [0.4, 0.5) is 13.2 Å². The fourth-order valence-electron chi connectivity index (χ4n) is 3.08. The Morgan fingerprint density at radius 2 is 1.89 bits per heavy atom. The van der Waals surface area contributed by atoms with Crippen molar-refractivity contribution in [1.29, 1.82) is 0 Å². The Morgan fingerprint density at radius 1 is 1.18 bits per heavy atom. The number of thiazole rings is 1.